The van der Waals surface area contributed by atoms with Crippen LogP contribution in [0.3, 0.4) is 0 Å². The second-order valence-electron chi connectivity index (χ2n) is 3.92. The highest BCUT2D eigenvalue weighted by atomic mass is 16.6. The van der Waals surface area contributed by atoms with Gasteiger partial charge in [-0.05, 0) is 6.42 Å². The van der Waals surface area contributed by atoms with Gasteiger partial charge in [-0.2, -0.15) is 0 Å². The maximum absolute atomic E-state index is 10.9. The summed E-state index contributed by atoms with van der Waals surface area (Å²) in [6.45, 7) is 3.42. The average molecular weight is 218 g/mol. The molecule has 0 aromatic rings. The standard InChI is InChI=1S/C11H22O4/c1-3-4-5-6-7-8-9-15-10(12)11(2,13)14/h13-14H,3-9H2,1-2H3. The molecule has 4 heteroatoms. The van der Waals surface area contributed by atoms with Crippen LogP contribution in [-0.4, -0.2) is 28.6 Å². The zero-order chi connectivity index (χ0) is 11.7. The monoisotopic (exact) mass is 218 g/mol. The Morgan fingerprint density at radius 2 is 1.67 bits per heavy atom. The molecule has 0 unspecified atom stereocenters. The molecule has 0 amide bonds. The molecule has 15 heavy (non-hydrogen) atoms. The van der Waals surface area contributed by atoms with Crippen molar-refractivity contribution in [3.63, 3.8) is 0 Å². The molecule has 0 radical (unpaired) electrons. The van der Waals surface area contributed by atoms with Crippen LogP contribution in [0.25, 0.3) is 0 Å². The Balaban J connectivity index is 3.28. The van der Waals surface area contributed by atoms with E-state index in [9.17, 15) is 4.79 Å². The molecule has 0 saturated heterocycles. The highest BCUT2D eigenvalue weighted by Crippen LogP contribution is 2.06. The molecule has 0 rings (SSSR count). The van der Waals surface area contributed by atoms with Gasteiger partial charge in [0.05, 0.1) is 6.61 Å². The molecular formula is C11H22O4. The van der Waals surface area contributed by atoms with Crippen LogP contribution in [0.1, 0.15) is 52.4 Å². The fraction of sp³-hybridized carbons (Fsp3) is 0.909. The topological polar surface area (TPSA) is 66.8 Å². The SMILES string of the molecule is CCCCCCCCOC(=O)C(C)(O)O. The fourth-order valence-electron chi connectivity index (χ4n) is 1.18. The van der Waals surface area contributed by atoms with Crippen molar-refractivity contribution in [3.8, 4) is 0 Å². The molecule has 2 N–H and O–H groups in total. The Kier molecular flexibility index (Phi) is 7.34. The van der Waals surface area contributed by atoms with Gasteiger partial charge in [0.2, 0.25) is 0 Å². The third-order valence-electron chi connectivity index (χ3n) is 2.12. The predicted molar refractivity (Wildman–Crippen MR) is 57.2 cm³/mol. The first-order valence-electron chi connectivity index (χ1n) is 5.60. The molecule has 4 nitrogen and oxygen atoms in total. The second-order valence-corrected chi connectivity index (χ2v) is 3.92. The van der Waals surface area contributed by atoms with E-state index in [4.69, 9.17) is 10.2 Å². The number of hydrogen-bond acceptors (Lipinski definition) is 4. The van der Waals surface area contributed by atoms with E-state index in [-0.39, 0.29) is 6.61 Å². The summed E-state index contributed by atoms with van der Waals surface area (Å²) in [5.74, 6) is -3.33. The second kappa shape index (κ2) is 7.65. The van der Waals surface area contributed by atoms with E-state index in [1.807, 2.05) is 0 Å². The van der Waals surface area contributed by atoms with Crippen molar-refractivity contribution in [1.82, 2.24) is 0 Å². The molecule has 0 heterocycles. The van der Waals surface area contributed by atoms with Gasteiger partial charge in [-0.1, -0.05) is 39.0 Å². The minimum absolute atomic E-state index is 0.266. The predicted octanol–water partition coefficient (Wildman–Crippen LogP) is 1.59. The van der Waals surface area contributed by atoms with Crippen LogP contribution < -0.4 is 0 Å². The summed E-state index contributed by atoms with van der Waals surface area (Å²) in [6.07, 6.45) is 6.60. The fourth-order valence-corrected chi connectivity index (χ4v) is 1.18. The highest BCUT2D eigenvalue weighted by Gasteiger charge is 2.28. The van der Waals surface area contributed by atoms with Gasteiger partial charge >= 0.3 is 5.97 Å². The number of carbonyl (C=O) groups excluding carboxylic acids is 1. The number of carbonyl (C=O) groups is 1. The van der Waals surface area contributed by atoms with E-state index in [0.29, 0.717) is 0 Å². The summed E-state index contributed by atoms with van der Waals surface area (Å²) in [4.78, 5) is 10.9. The van der Waals surface area contributed by atoms with Gasteiger partial charge in [0.15, 0.2) is 0 Å². The lowest BCUT2D eigenvalue weighted by Gasteiger charge is -2.13. The lowest BCUT2D eigenvalue weighted by atomic mass is 10.1. The van der Waals surface area contributed by atoms with Crippen molar-refractivity contribution in [3.05, 3.63) is 0 Å². The molecule has 0 spiro atoms. The van der Waals surface area contributed by atoms with E-state index >= 15 is 0 Å². The summed E-state index contributed by atoms with van der Waals surface area (Å²) in [6, 6.07) is 0. The molecule has 0 saturated carbocycles. The molecule has 0 aliphatic heterocycles. The minimum Gasteiger partial charge on any atom is -0.462 e. The van der Waals surface area contributed by atoms with Gasteiger partial charge < -0.3 is 14.9 Å². The van der Waals surface area contributed by atoms with Gasteiger partial charge in [-0.25, -0.2) is 4.79 Å². The molecule has 0 atom stereocenters. The first-order chi connectivity index (χ1) is 6.98. The van der Waals surface area contributed by atoms with Crippen LogP contribution in [0, 0.1) is 0 Å². The van der Waals surface area contributed by atoms with Crippen LogP contribution in [0.5, 0.6) is 0 Å². The van der Waals surface area contributed by atoms with Crippen molar-refractivity contribution < 1.29 is 19.7 Å². The maximum Gasteiger partial charge on any atom is 0.366 e. The largest absolute Gasteiger partial charge is 0.462 e. The van der Waals surface area contributed by atoms with Gasteiger partial charge in [-0.15, -0.1) is 0 Å². The summed E-state index contributed by atoms with van der Waals surface area (Å²) >= 11 is 0. The van der Waals surface area contributed by atoms with E-state index in [2.05, 4.69) is 11.7 Å². The van der Waals surface area contributed by atoms with Crippen LogP contribution >= 0.6 is 0 Å². The van der Waals surface area contributed by atoms with Crippen molar-refractivity contribution in [2.75, 3.05) is 6.61 Å². The Labute approximate surface area is 91.3 Å². The van der Waals surface area contributed by atoms with Gasteiger partial charge in [0.1, 0.15) is 0 Å². The molecular weight excluding hydrogens is 196 g/mol. The van der Waals surface area contributed by atoms with Crippen LogP contribution in [-0.2, 0) is 9.53 Å². The third kappa shape index (κ3) is 8.39. The molecule has 0 aromatic heterocycles. The number of hydrogen-bond donors (Lipinski definition) is 2. The lowest BCUT2D eigenvalue weighted by molar-refractivity contribution is -0.203. The zero-order valence-corrected chi connectivity index (χ0v) is 9.66. The molecule has 0 aromatic carbocycles. The quantitative estimate of drug-likeness (QED) is 0.369. The molecule has 0 aliphatic carbocycles. The van der Waals surface area contributed by atoms with Crippen molar-refractivity contribution in [2.45, 2.75) is 58.2 Å². The first-order valence-corrected chi connectivity index (χ1v) is 5.60. The van der Waals surface area contributed by atoms with E-state index in [1.54, 1.807) is 0 Å². The smallest absolute Gasteiger partial charge is 0.366 e. The Hall–Kier alpha value is -0.610. The van der Waals surface area contributed by atoms with Crippen LogP contribution in [0.2, 0.25) is 0 Å². The third-order valence-corrected chi connectivity index (χ3v) is 2.12. The average Bonchev–Trinajstić information content (AvgIpc) is 2.14. The Bertz CT molecular complexity index is 172. The lowest BCUT2D eigenvalue weighted by Crippen LogP contribution is -2.36. The number of unbranched alkanes of at least 4 members (excludes halogenated alkanes) is 5. The normalized spacial score (nSPS) is 11.5. The maximum atomic E-state index is 10.9. The first kappa shape index (κ1) is 14.4. The molecule has 0 bridgehead atoms. The van der Waals surface area contributed by atoms with E-state index < -0.39 is 11.8 Å². The Morgan fingerprint density at radius 1 is 1.13 bits per heavy atom. The summed E-state index contributed by atoms with van der Waals surface area (Å²) in [7, 11) is 0. The number of rotatable bonds is 8. The number of ether oxygens (including phenoxy) is 1. The van der Waals surface area contributed by atoms with Crippen LogP contribution in [0.4, 0.5) is 0 Å². The summed E-state index contributed by atoms with van der Waals surface area (Å²) < 4.78 is 4.67. The highest BCUT2D eigenvalue weighted by molar-refractivity contribution is 5.76. The van der Waals surface area contributed by atoms with E-state index in [1.165, 1.54) is 19.3 Å². The van der Waals surface area contributed by atoms with Crippen molar-refractivity contribution in [1.29, 1.82) is 0 Å². The summed E-state index contributed by atoms with van der Waals surface area (Å²) in [5.41, 5.74) is 0. The number of esters is 1. The van der Waals surface area contributed by atoms with Gasteiger partial charge in [-0.3, -0.25) is 0 Å². The molecule has 0 fully saturated rings. The van der Waals surface area contributed by atoms with Gasteiger partial charge in [0, 0.05) is 6.92 Å². The number of aliphatic hydroxyl groups is 2. The molecule has 90 valence electrons. The van der Waals surface area contributed by atoms with Gasteiger partial charge in [0.25, 0.3) is 5.79 Å². The Morgan fingerprint density at radius 3 is 2.20 bits per heavy atom. The minimum atomic E-state index is -2.36. The van der Waals surface area contributed by atoms with Crippen molar-refractivity contribution in [2.24, 2.45) is 0 Å². The van der Waals surface area contributed by atoms with Crippen molar-refractivity contribution >= 4 is 5.97 Å². The zero-order valence-electron chi connectivity index (χ0n) is 9.66. The van der Waals surface area contributed by atoms with E-state index in [0.717, 1.165) is 26.2 Å². The van der Waals surface area contributed by atoms with Crippen LogP contribution in [0.15, 0.2) is 0 Å². The summed E-state index contributed by atoms with van der Waals surface area (Å²) in [5, 5.41) is 17.7. The molecule has 0 aliphatic rings.